The number of amides is 2. The summed E-state index contributed by atoms with van der Waals surface area (Å²) >= 11 is 0. The second-order valence-corrected chi connectivity index (χ2v) is 5.46. The maximum absolute atomic E-state index is 12.6. The Morgan fingerprint density at radius 2 is 2.12 bits per heavy atom. The summed E-state index contributed by atoms with van der Waals surface area (Å²) < 4.78 is 5.02. The fourth-order valence-electron chi connectivity index (χ4n) is 2.43. The van der Waals surface area contributed by atoms with E-state index in [0.29, 0.717) is 11.3 Å². The highest BCUT2D eigenvalue weighted by Crippen LogP contribution is 2.21. The highest BCUT2D eigenvalue weighted by molar-refractivity contribution is 6.38. The first-order chi connectivity index (χ1) is 12.6. The van der Waals surface area contributed by atoms with Gasteiger partial charge >= 0.3 is 0 Å². The molecule has 3 heterocycles. The number of Topliss-reactive ketones (excluding diaryl/α,β-unsaturated/α-hetero) is 1. The van der Waals surface area contributed by atoms with E-state index >= 15 is 0 Å². The summed E-state index contributed by atoms with van der Waals surface area (Å²) in [4.78, 5) is 42.9. The van der Waals surface area contributed by atoms with E-state index < -0.39 is 23.6 Å². The van der Waals surface area contributed by atoms with Crippen LogP contribution in [0.15, 0.2) is 53.6 Å². The second-order valence-electron chi connectivity index (χ2n) is 5.46. The first-order valence-electron chi connectivity index (χ1n) is 7.68. The summed E-state index contributed by atoms with van der Waals surface area (Å²) in [6.45, 7) is 0. The van der Waals surface area contributed by atoms with Gasteiger partial charge in [0.25, 0.3) is 11.8 Å². The van der Waals surface area contributed by atoms with Crippen LogP contribution in [0.1, 0.15) is 16.1 Å². The molecule has 3 aromatic rings. The van der Waals surface area contributed by atoms with Crippen LogP contribution >= 0.6 is 0 Å². The normalized spacial score (nSPS) is 11.7. The van der Waals surface area contributed by atoms with Crippen molar-refractivity contribution in [2.75, 3.05) is 0 Å². The van der Waals surface area contributed by atoms with Gasteiger partial charge < -0.3 is 20.6 Å². The molecule has 9 heteroatoms. The van der Waals surface area contributed by atoms with Crippen LogP contribution in [0, 0.1) is 0 Å². The molecule has 1 atom stereocenters. The number of ketones is 1. The lowest BCUT2D eigenvalue weighted by molar-refractivity contribution is -0.137. The Morgan fingerprint density at radius 1 is 1.27 bits per heavy atom. The fourth-order valence-corrected chi connectivity index (χ4v) is 2.43. The van der Waals surface area contributed by atoms with Gasteiger partial charge in [-0.3, -0.25) is 19.4 Å². The van der Waals surface area contributed by atoms with Crippen molar-refractivity contribution in [1.82, 2.24) is 20.4 Å². The molecular weight excluding hydrogens is 338 g/mol. The topological polar surface area (TPSA) is 144 Å². The number of carbonyl (C=O) groups excluding carboxylic acids is 3. The highest BCUT2D eigenvalue weighted by Gasteiger charge is 2.28. The van der Waals surface area contributed by atoms with Crippen molar-refractivity contribution in [1.29, 1.82) is 0 Å². The average molecular weight is 353 g/mol. The fraction of sp³-hybridized carbons (Fsp3) is 0.118. The number of nitrogens with two attached hydrogens (primary N) is 1. The van der Waals surface area contributed by atoms with E-state index in [1.807, 2.05) is 0 Å². The van der Waals surface area contributed by atoms with Crippen molar-refractivity contribution >= 4 is 17.6 Å². The number of hydrogen-bond donors (Lipinski definition) is 3. The SMILES string of the molecule is NC(=O)C(=O)C(Cc1cc[nH]c1)NC(=O)c1oncc1-c1ccccn1. The van der Waals surface area contributed by atoms with Crippen LogP contribution in [-0.2, 0) is 16.0 Å². The molecule has 132 valence electrons. The van der Waals surface area contributed by atoms with Crippen LogP contribution in [0.5, 0.6) is 0 Å². The van der Waals surface area contributed by atoms with Crippen LogP contribution < -0.4 is 11.1 Å². The average Bonchev–Trinajstić information content (AvgIpc) is 3.32. The molecule has 0 aromatic carbocycles. The Hall–Kier alpha value is -3.75. The van der Waals surface area contributed by atoms with Crippen molar-refractivity contribution < 1.29 is 18.9 Å². The largest absolute Gasteiger partial charge is 0.367 e. The standard InChI is InChI=1S/C17H15N5O4/c18-16(24)14(23)13(7-10-4-6-19-8-10)22-17(25)15-11(9-21-26-15)12-3-1-2-5-20-12/h1-6,8-9,13,19H,7H2,(H2,18,24)(H,22,25). The lowest BCUT2D eigenvalue weighted by Gasteiger charge is -2.15. The van der Waals surface area contributed by atoms with Crippen molar-refractivity contribution in [3.05, 3.63) is 60.4 Å². The number of hydrogen-bond acceptors (Lipinski definition) is 6. The molecule has 0 fully saturated rings. The number of nitrogens with zero attached hydrogens (tertiary/aromatic N) is 2. The minimum atomic E-state index is -1.13. The Balaban J connectivity index is 1.83. The number of aromatic amines is 1. The molecule has 4 N–H and O–H groups in total. The maximum Gasteiger partial charge on any atom is 0.291 e. The lowest BCUT2D eigenvalue weighted by Crippen LogP contribution is -2.47. The summed E-state index contributed by atoms with van der Waals surface area (Å²) in [5.74, 6) is -2.84. The molecule has 0 bridgehead atoms. The molecule has 0 aliphatic heterocycles. The van der Waals surface area contributed by atoms with Gasteiger partial charge in [-0.05, 0) is 23.8 Å². The van der Waals surface area contributed by atoms with Crippen LogP contribution in [0.4, 0.5) is 0 Å². The van der Waals surface area contributed by atoms with Gasteiger partial charge in [-0.2, -0.15) is 0 Å². The van der Waals surface area contributed by atoms with Crippen LogP contribution in [0.3, 0.4) is 0 Å². The van der Waals surface area contributed by atoms with E-state index in [1.54, 1.807) is 42.9 Å². The van der Waals surface area contributed by atoms with Gasteiger partial charge in [-0.25, -0.2) is 0 Å². The quantitative estimate of drug-likeness (QED) is 0.526. The number of rotatable bonds is 7. The summed E-state index contributed by atoms with van der Waals surface area (Å²) in [5.41, 5.74) is 6.68. The monoisotopic (exact) mass is 353 g/mol. The third-order valence-corrected chi connectivity index (χ3v) is 3.68. The van der Waals surface area contributed by atoms with E-state index in [-0.39, 0.29) is 12.2 Å². The van der Waals surface area contributed by atoms with Gasteiger partial charge in [-0.1, -0.05) is 11.2 Å². The number of H-pyrrole nitrogens is 1. The third kappa shape index (κ3) is 3.66. The van der Waals surface area contributed by atoms with Crippen molar-refractivity contribution in [2.45, 2.75) is 12.5 Å². The van der Waals surface area contributed by atoms with Gasteiger partial charge in [0.15, 0.2) is 0 Å². The number of carbonyl (C=O) groups is 3. The Bertz CT molecular complexity index is 918. The van der Waals surface area contributed by atoms with E-state index in [2.05, 4.69) is 20.4 Å². The Labute approximate surface area is 147 Å². The summed E-state index contributed by atoms with van der Waals surface area (Å²) in [5, 5.41) is 6.11. The molecule has 2 amide bonds. The van der Waals surface area contributed by atoms with Crippen LogP contribution in [0.25, 0.3) is 11.3 Å². The van der Waals surface area contributed by atoms with Crippen LogP contribution in [-0.4, -0.2) is 38.8 Å². The first kappa shape index (κ1) is 17.1. The number of nitrogens with one attached hydrogen (secondary N) is 2. The zero-order valence-corrected chi connectivity index (χ0v) is 13.5. The third-order valence-electron chi connectivity index (χ3n) is 3.68. The molecule has 0 aliphatic rings. The molecule has 3 aromatic heterocycles. The first-order valence-corrected chi connectivity index (χ1v) is 7.68. The molecule has 0 saturated carbocycles. The number of aromatic nitrogens is 3. The summed E-state index contributed by atoms with van der Waals surface area (Å²) in [7, 11) is 0. The maximum atomic E-state index is 12.6. The van der Waals surface area contributed by atoms with E-state index in [4.69, 9.17) is 10.3 Å². The second kappa shape index (κ2) is 7.43. The predicted octanol–water partition coefficient (Wildman–Crippen LogP) is 0.460. The molecule has 0 radical (unpaired) electrons. The molecule has 26 heavy (non-hydrogen) atoms. The van der Waals surface area contributed by atoms with Gasteiger partial charge in [0.2, 0.25) is 11.5 Å². The van der Waals surface area contributed by atoms with Gasteiger partial charge in [0.05, 0.1) is 17.5 Å². The van der Waals surface area contributed by atoms with Crippen molar-refractivity contribution in [3.63, 3.8) is 0 Å². The van der Waals surface area contributed by atoms with Crippen molar-refractivity contribution in [3.8, 4) is 11.3 Å². The number of primary amides is 1. The minimum Gasteiger partial charge on any atom is -0.367 e. The van der Waals surface area contributed by atoms with E-state index in [1.165, 1.54) is 6.20 Å². The predicted molar refractivity (Wildman–Crippen MR) is 89.7 cm³/mol. The van der Waals surface area contributed by atoms with E-state index in [0.717, 1.165) is 5.56 Å². The van der Waals surface area contributed by atoms with E-state index in [9.17, 15) is 14.4 Å². The van der Waals surface area contributed by atoms with Crippen molar-refractivity contribution in [2.24, 2.45) is 5.73 Å². The molecule has 9 nitrogen and oxygen atoms in total. The lowest BCUT2D eigenvalue weighted by atomic mass is 10.0. The van der Waals surface area contributed by atoms with Gasteiger partial charge in [-0.15, -0.1) is 0 Å². The molecule has 0 spiro atoms. The molecular formula is C17H15N5O4. The minimum absolute atomic E-state index is 0.101. The van der Waals surface area contributed by atoms with Crippen LogP contribution in [0.2, 0.25) is 0 Å². The Morgan fingerprint density at radius 3 is 2.77 bits per heavy atom. The smallest absolute Gasteiger partial charge is 0.291 e. The van der Waals surface area contributed by atoms with Gasteiger partial charge in [0.1, 0.15) is 6.04 Å². The zero-order chi connectivity index (χ0) is 18.5. The zero-order valence-electron chi connectivity index (χ0n) is 13.5. The summed E-state index contributed by atoms with van der Waals surface area (Å²) in [6.07, 6.45) is 6.34. The summed E-state index contributed by atoms with van der Waals surface area (Å²) in [6, 6.07) is 5.77. The molecule has 1 unspecified atom stereocenters. The molecule has 0 saturated heterocycles. The number of pyridine rings is 1. The Kier molecular flexibility index (Phi) is 4.88. The highest BCUT2D eigenvalue weighted by atomic mass is 16.5. The van der Waals surface area contributed by atoms with Gasteiger partial charge in [0, 0.05) is 25.0 Å². The molecule has 3 rings (SSSR count). The molecule has 0 aliphatic carbocycles.